The van der Waals surface area contributed by atoms with E-state index in [1.54, 1.807) is 0 Å². The fourth-order valence-corrected chi connectivity index (χ4v) is 4.50. The molecule has 0 unspecified atom stereocenters. The van der Waals surface area contributed by atoms with Crippen LogP contribution in [0.1, 0.15) is 55.8 Å². The average molecular weight is 373 g/mol. The van der Waals surface area contributed by atoms with Gasteiger partial charge in [0.05, 0.1) is 5.60 Å². The third-order valence-electron chi connectivity index (χ3n) is 6.30. The maximum atomic E-state index is 12.6. The van der Waals surface area contributed by atoms with Crippen molar-refractivity contribution in [2.75, 3.05) is 26.3 Å². The number of rotatable bonds is 6. The van der Waals surface area contributed by atoms with E-state index in [9.17, 15) is 14.7 Å². The van der Waals surface area contributed by atoms with E-state index < -0.39 is 5.60 Å². The van der Waals surface area contributed by atoms with Gasteiger partial charge in [0.25, 0.3) is 0 Å². The molecule has 0 bridgehead atoms. The summed E-state index contributed by atoms with van der Waals surface area (Å²) in [5.41, 5.74) is 0.0159. The molecule has 0 saturated carbocycles. The molecule has 0 radical (unpaired) electrons. The standard InChI is InChI=1S/C22H31NO4/c1-17-16-23(13-12-22(17,26)19-10-14-27-15-11-19)21(25)9-5-8-20(24)18-6-3-2-4-7-18/h2-4,6-7,17,19,26H,5,8-16H2,1H3/t17-,22+/m1/s1. The van der Waals surface area contributed by atoms with Gasteiger partial charge in [-0.2, -0.15) is 0 Å². The Morgan fingerprint density at radius 2 is 1.89 bits per heavy atom. The summed E-state index contributed by atoms with van der Waals surface area (Å²) in [4.78, 5) is 26.6. The Balaban J connectivity index is 1.45. The lowest BCUT2D eigenvalue weighted by Gasteiger charge is -2.48. The van der Waals surface area contributed by atoms with Crippen LogP contribution in [0.5, 0.6) is 0 Å². The van der Waals surface area contributed by atoms with Crippen molar-refractivity contribution in [3.8, 4) is 0 Å². The largest absolute Gasteiger partial charge is 0.389 e. The molecule has 1 aromatic rings. The van der Waals surface area contributed by atoms with Crippen molar-refractivity contribution in [2.24, 2.45) is 11.8 Å². The first-order chi connectivity index (χ1) is 13.0. The van der Waals surface area contributed by atoms with E-state index in [4.69, 9.17) is 4.74 Å². The average Bonchev–Trinajstić information content (AvgIpc) is 2.71. The Kier molecular flexibility index (Phi) is 6.66. The van der Waals surface area contributed by atoms with Gasteiger partial charge >= 0.3 is 0 Å². The van der Waals surface area contributed by atoms with Crippen molar-refractivity contribution < 1.29 is 19.4 Å². The lowest BCUT2D eigenvalue weighted by atomic mass is 9.70. The number of ketones is 1. The summed E-state index contributed by atoms with van der Waals surface area (Å²) in [6, 6.07) is 9.22. The molecule has 0 spiro atoms. The van der Waals surface area contributed by atoms with Gasteiger partial charge in [0, 0.05) is 50.6 Å². The molecular weight excluding hydrogens is 342 g/mol. The minimum Gasteiger partial charge on any atom is -0.389 e. The van der Waals surface area contributed by atoms with Crippen LogP contribution < -0.4 is 0 Å². The molecule has 0 aliphatic carbocycles. The Morgan fingerprint density at radius 3 is 2.56 bits per heavy atom. The first-order valence-electron chi connectivity index (χ1n) is 10.2. The summed E-state index contributed by atoms with van der Waals surface area (Å²) in [6.45, 7) is 4.69. The molecular formula is C22H31NO4. The maximum absolute atomic E-state index is 12.6. The normalized spacial score (nSPS) is 26.7. The third-order valence-corrected chi connectivity index (χ3v) is 6.30. The monoisotopic (exact) mass is 373 g/mol. The predicted octanol–water partition coefficient (Wildman–Crippen LogP) is 3.07. The molecule has 2 aliphatic heterocycles. The van der Waals surface area contributed by atoms with E-state index in [0.717, 1.165) is 26.1 Å². The van der Waals surface area contributed by atoms with Gasteiger partial charge in [0.2, 0.25) is 5.91 Å². The number of carbonyl (C=O) groups excluding carboxylic acids is 2. The lowest BCUT2D eigenvalue weighted by Crippen LogP contribution is -2.56. The van der Waals surface area contributed by atoms with Crippen LogP contribution in [-0.4, -0.2) is 53.6 Å². The minimum atomic E-state index is -0.691. The fraction of sp³-hybridized carbons (Fsp3) is 0.636. The molecule has 2 fully saturated rings. The number of nitrogens with zero attached hydrogens (tertiary/aromatic N) is 1. The number of likely N-dealkylation sites (tertiary alicyclic amines) is 1. The lowest BCUT2D eigenvalue weighted by molar-refractivity contribution is -0.151. The van der Waals surface area contributed by atoms with Gasteiger partial charge in [-0.25, -0.2) is 0 Å². The topological polar surface area (TPSA) is 66.8 Å². The van der Waals surface area contributed by atoms with Gasteiger partial charge in [-0.3, -0.25) is 9.59 Å². The number of hydrogen-bond acceptors (Lipinski definition) is 4. The van der Waals surface area contributed by atoms with E-state index in [1.165, 1.54) is 0 Å². The second-order valence-electron chi connectivity index (χ2n) is 8.01. The molecule has 1 N–H and O–H groups in total. The van der Waals surface area contributed by atoms with E-state index in [-0.39, 0.29) is 23.5 Å². The summed E-state index contributed by atoms with van der Waals surface area (Å²) in [6.07, 6.45) is 3.79. The van der Waals surface area contributed by atoms with Crippen LogP contribution in [0.3, 0.4) is 0 Å². The highest BCUT2D eigenvalue weighted by atomic mass is 16.5. The summed E-state index contributed by atoms with van der Waals surface area (Å²) in [7, 11) is 0. The molecule has 1 aromatic carbocycles. The van der Waals surface area contributed by atoms with Crippen LogP contribution in [0.25, 0.3) is 0 Å². The number of carbonyl (C=O) groups is 2. The third kappa shape index (κ3) is 4.77. The molecule has 0 aromatic heterocycles. The quantitative estimate of drug-likeness (QED) is 0.778. The van der Waals surface area contributed by atoms with E-state index in [2.05, 4.69) is 0 Å². The Labute approximate surface area is 161 Å². The molecule has 5 nitrogen and oxygen atoms in total. The maximum Gasteiger partial charge on any atom is 0.222 e. The number of benzene rings is 1. The number of ether oxygens (including phenoxy) is 1. The number of amides is 1. The molecule has 3 rings (SSSR count). The van der Waals surface area contributed by atoms with Crippen LogP contribution in [0.4, 0.5) is 0 Å². The van der Waals surface area contributed by atoms with E-state index in [1.807, 2.05) is 42.2 Å². The highest BCUT2D eigenvalue weighted by Gasteiger charge is 2.45. The highest BCUT2D eigenvalue weighted by Crippen LogP contribution is 2.39. The summed E-state index contributed by atoms with van der Waals surface area (Å²) in [5.74, 6) is 0.507. The number of aliphatic hydroxyl groups is 1. The molecule has 5 heteroatoms. The SMILES string of the molecule is C[C@@H]1CN(C(=O)CCCC(=O)c2ccccc2)CC[C@@]1(O)C1CCOCC1. The van der Waals surface area contributed by atoms with Crippen molar-refractivity contribution in [1.82, 2.24) is 4.90 Å². The summed E-state index contributed by atoms with van der Waals surface area (Å²) < 4.78 is 5.42. The molecule has 1 amide bonds. The Bertz CT molecular complexity index is 641. The molecule has 148 valence electrons. The van der Waals surface area contributed by atoms with Crippen LogP contribution in [0.2, 0.25) is 0 Å². The van der Waals surface area contributed by atoms with Crippen molar-refractivity contribution in [2.45, 2.75) is 51.0 Å². The smallest absolute Gasteiger partial charge is 0.222 e. The first kappa shape index (κ1) is 20.0. The zero-order chi connectivity index (χ0) is 19.3. The minimum absolute atomic E-state index is 0.0595. The van der Waals surface area contributed by atoms with E-state index >= 15 is 0 Å². The van der Waals surface area contributed by atoms with Crippen molar-refractivity contribution in [1.29, 1.82) is 0 Å². The van der Waals surface area contributed by atoms with Crippen LogP contribution in [-0.2, 0) is 9.53 Å². The second kappa shape index (κ2) is 8.98. The molecule has 2 aliphatic rings. The number of piperidine rings is 1. The molecule has 2 saturated heterocycles. The van der Waals surface area contributed by atoms with Crippen molar-refractivity contribution in [3.05, 3.63) is 35.9 Å². The van der Waals surface area contributed by atoms with Gasteiger partial charge in [-0.1, -0.05) is 37.3 Å². The summed E-state index contributed by atoms with van der Waals surface area (Å²) in [5, 5.41) is 11.2. The Morgan fingerprint density at radius 1 is 1.19 bits per heavy atom. The second-order valence-corrected chi connectivity index (χ2v) is 8.01. The summed E-state index contributed by atoms with van der Waals surface area (Å²) >= 11 is 0. The Hall–Kier alpha value is -1.72. The van der Waals surface area contributed by atoms with Crippen molar-refractivity contribution in [3.63, 3.8) is 0 Å². The van der Waals surface area contributed by atoms with Gasteiger partial charge < -0.3 is 14.7 Å². The van der Waals surface area contributed by atoms with Crippen LogP contribution >= 0.6 is 0 Å². The van der Waals surface area contributed by atoms with Gasteiger partial charge in [-0.15, -0.1) is 0 Å². The van der Waals surface area contributed by atoms with Gasteiger partial charge in [0.15, 0.2) is 5.78 Å². The zero-order valence-electron chi connectivity index (χ0n) is 16.2. The molecule has 2 atom stereocenters. The zero-order valence-corrected chi connectivity index (χ0v) is 16.2. The molecule has 2 heterocycles. The van der Waals surface area contributed by atoms with Crippen LogP contribution in [0.15, 0.2) is 30.3 Å². The van der Waals surface area contributed by atoms with Gasteiger partial charge in [0.1, 0.15) is 0 Å². The van der Waals surface area contributed by atoms with Gasteiger partial charge in [-0.05, 0) is 31.6 Å². The highest BCUT2D eigenvalue weighted by molar-refractivity contribution is 5.96. The fourth-order valence-electron chi connectivity index (χ4n) is 4.50. The molecule has 27 heavy (non-hydrogen) atoms. The predicted molar refractivity (Wildman–Crippen MR) is 103 cm³/mol. The number of Topliss-reactive ketones (excluding diaryl/α,β-unsaturated/α-hetero) is 1. The van der Waals surface area contributed by atoms with Crippen molar-refractivity contribution >= 4 is 11.7 Å². The number of hydrogen-bond donors (Lipinski definition) is 1. The van der Waals surface area contributed by atoms with E-state index in [0.29, 0.717) is 44.3 Å². The first-order valence-corrected chi connectivity index (χ1v) is 10.2. The van der Waals surface area contributed by atoms with Crippen LogP contribution in [0, 0.1) is 11.8 Å².